The van der Waals surface area contributed by atoms with E-state index in [1.165, 1.54) is 38.5 Å². The van der Waals surface area contributed by atoms with Crippen molar-refractivity contribution in [2.45, 2.75) is 137 Å². The Morgan fingerprint density at radius 1 is 0.694 bits per heavy atom. The highest BCUT2D eigenvalue weighted by atomic mass is 16.6. The molecule has 0 aromatic carbocycles. The van der Waals surface area contributed by atoms with Crippen molar-refractivity contribution in [3.63, 3.8) is 0 Å². The molecule has 0 N–H and O–H groups in total. The largest absolute Gasteiger partial charge is 0.465 e. The van der Waals surface area contributed by atoms with Crippen LogP contribution in [0.5, 0.6) is 0 Å². The Balaban J connectivity index is 4.53. The van der Waals surface area contributed by atoms with Crippen molar-refractivity contribution in [1.82, 2.24) is 0 Å². The summed E-state index contributed by atoms with van der Waals surface area (Å²) in [6.45, 7) is 12.6. The minimum absolute atomic E-state index is 0.0657. The lowest BCUT2D eigenvalue weighted by Crippen LogP contribution is -2.33. The zero-order valence-electron chi connectivity index (χ0n) is 23.7. The summed E-state index contributed by atoms with van der Waals surface area (Å²) in [5.74, 6) is -1.51. The fourth-order valence-corrected chi connectivity index (χ4v) is 4.12. The fraction of sp³-hybridized carbons (Fsp3) is 0.833. The van der Waals surface area contributed by atoms with Crippen LogP contribution in [-0.4, -0.2) is 37.2 Å². The molecule has 0 rings (SSSR count). The molecule has 0 heterocycles. The molecule has 6 heteroatoms. The molecule has 2 unspecified atom stereocenters. The maximum Gasteiger partial charge on any atom is 0.347 e. The van der Waals surface area contributed by atoms with Crippen LogP contribution >= 0.6 is 0 Å². The first-order chi connectivity index (χ1) is 17.3. The molecule has 0 aliphatic carbocycles. The molecule has 0 amide bonds. The van der Waals surface area contributed by atoms with E-state index in [1.807, 2.05) is 6.92 Å². The molecule has 0 aromatic rings. The van der Waals surface area contributed by atoms with E-state index in [4.69, 9.17) is 14.2 Å². The zero-order chi connectivity index (χ0) is 27.0. The number of hydrogen-bond donors (Lipinski definition) is 0. The summed E-state index contributed by atoms with van der Waals surface area (Å²) in [5, 5.41) is 0. The van der Waals surface area contributed by atoms with Crippen LogP contribution in [0, 0.1) is 11.8 Å². The highest BCUT2D eigenvalue weighted by Gasteiger charge is 2.31. The molecule has 0 spiro atoms. The third-order valence-corrected chi connectivity index (χ3v) is 6.32. The molecule has 0 saturated carbocycles. The monoisotopic (exact) mass is 510 g/mol. The van der Waals surface area contributed by atoms with Gasteiger partial charge in [0.25, 0.3) is 0 Å². The predicted molar refractivity (Wildman–Crippen MR) is 146 cm³/mol. The average molecular weight is 511 g/mol. The summed E-state index contributed by atoms with van der Waals surface area (Å²) in [6, 6.07) is 0. The van der Waals surface area contributed by atoms with Crippen LogP contribution < -0.4 is 0 Å². The van der Waals surface area contributed by atoms with Gasteiger partial charge in [0.05, 0.1) is 19.1 Å². The van der Waals surface area contributed by atoms with Crippen molar-refractivity contribution in [2.75, 3.05) is 13.2 Å². The van der Waals surface area contributed by atoms with Gasteiger partial charge < -0.3 is 14.2 Å². The number of esters is 3. The maximum atomic E-state index is 12.7. The van der Waals surface area contributed by atoms with Gasteiger partial charge in [-0.05, 0) is 25.2 Å². The molecule has 0 aromatic heterocycles. The molecule has 0 radical (unpaired) electrons. The lowest BCUT2D eigenvalue weighted by atomic mass is 9.96. The Morgan fingerprint density at radius 2 is 1.22 bits per heavy atom. The first-order valence-electron chi connectivity index (χ1n) is 14.5. The molecule has 36 heavy (non-hydrogen) atoms. The van der Waals surface area contributed by atoms with Crippen molar-refractivity contribution >= 4 is 17.9 Å². The molecule has 0 aliphatic heterocycles. The van der Waals surface area contributed by atoms with Gasteiger partial charge in [-0.1, -0.05) is 111 Å². The summed E-state index contributed by atoms with van der Waals surface area (Å²) in [5.41, 5.74) is 0. The molecule has 2 atom stereocenters. The first kappa shape index (κ1) is 34.1. The van der Waals surface area contributed by atoms with Crippen LogP contribution in [-0.2, 0) is 28.6 Å². The Labute approximate surface area is 220 Å². The van der Waals surface area contributed by atoms with Gasteiger partial charge in [-0.25, -0.2) is 9.59 Å². The standard InChI is InChI=1S/C30H54O6/c1-6-9-10-11-12-13-14-15-18-22-34-29(32)26(20-7-2)24-27(36-28(31)8-3)30(33)35-23-19-16-17-21-25(4)5/h8,25-27H,3,6-7,9-24H2,1-2,4-5H3. The second-order valence-electron chi connectivity index (χ2n) is 10.3. The van der Waals surface area contributed by atoms with E-state index < -0.39 is 24.0 Å². The summed E-state index contributed by atoms with van der Waals surface area (Å²) in [4.78, 5) is 37.2. The number of carbonyl (C=O) groups is 3. The van der Waals surface area contributed by atoms with Gasteiger partial charge >= 0.3 is 17.9 Å². The van der Waals surface area contributed by atoms with Crippen molar-refractivity contribution in [2.24, 2.45) is 11.8 Å². The van der Waals surface area contributed by atoms with Crippen LogP contribution in [0.15, 0.2) is 12.7 Å². The molecule has 0 saturated heterocycles. The van der Waals surface area contributed by atoms with Crippen LogP contribution in [0.2, 0.25) is 0 Å². The van der Waals surface area contributed by atoms with Crippen molar-refractivity contribution in [3.8, 4) is 0 Å². The lowest BCUT2D eigenvalue weighted by Gasteiger charge is -2.21. The van der Waals surface area contributed by atoms with Crippen LogP contribution in [0.4, 0.5) is 0 Å². The highest BCUT2D eigenvalue weighted by molar-refractivity contribution is 5.85. The third-order valence-electron chi connectivity index (χ3n) is 6.32. The minimum Gasteiger partial charge on any atom is -0.465 e. The summed E-state index contributed by atoms with van der Waals surface area (Å²) in [7, 11) is 0. The van der Waals surface area contributed by atoms with E-state index in [2.05, 4.69) is 27.4 Å². The van der Waals surface area contributed by atoms with Crippen LogP contribution in [0.3, 0.4) is 0 Å². The number of ether oxygens (including phenoxy) is 3. The quantitative estimate of drug-likeness (QED) is 0.0572. The molecule has 0 fully saturated rings. The topological polar surface area (TPSA) is 78.9 Å². The number of unbranched alkanes of at least 4 members (excludes halogenated alkanes) is 10. The maximum absolute atomic E-state index is 12.7. The number of carbonyl (C=O) groups excluding carboxylic acids is 3. The SMILES string of the molecule is C=CC(=O)OC(CC(CCC)C(=O)OCCCCCCCCCCC)C(=O)OCCCCCC(C)C. The second kappa shape index (κ2) is 23.5. The highest BCUT2D eigenvalue weighted by Crippen LogP contribution is 2.20. The van der Waals surface area contributed by atoms with Gasteiger partial charge in [0.1, 0.15) is 0 Å². The van der Waals surface area contributed by atoms with Gasteiger partial charge in [0.2, 0.25) is 0 Å². The van der Waals surface area contributed by atoms with E-state index in [0.717, 1.165) is 57.4 Å². The summed E-state index contributed by atoms with van der Waals surface area (Å²) >= 11 is 0. The van der Waals surface area contributed by atoms with Gasteiger partial charge in [-0.3, -0.25) is 4.79 Å². The second-order valence-corrected chi connectivity index (χ2v) is 10.3. The number of rotatable bonds is 24. The van der Waals surface area contributed by atoms with Gasteiger partial charge in [-0.15, -0.1) is 0 Å². The Hall–Kier alpha value is -1.85. The van der Waals surface area contributed by atoms with Crippen molar-refractivity contribution < 1.29 is 28.6 Å². The Bertz CT molecular complexity index is 586. The molecule has 0 aliphatic rings. The summed E-state index contributed by atoms with van der Waals surface area (Å²) in [6.07, 6.45) is 16.0. The Morgan fingerprint density at radius 3 is 1.75 bits per heavy atom. The van der Waals surface area contributed by atoms with E-state index in [1.54, 1.807) is 0 Å². The van der Waals surface area contributed by atoms with E-state index >= 15 is 0 Å². The normalized spacial score (nSPS) is 12.7. The molecular weight excluding hydrogens is 456 g/mol. The van der Waals surface area contributed by atoms with Crippen LogP contribution in [0.1, 0.15) is 130 Å². The minimum atomic E-state index is -1.14. The van der Waals surface area contributed by atoms with E-state index in [9.17, 15) is 14.4 Å². The lowest BCUT2D eigenvalue weighted by molar-refractivity contribution is -0.168. The van der Waals surface area contributed by atoms with Gasteiger partial charge in [0.15, 0.2) is 6.10 Å². The van der Waals surface area contributed by atoms with Gasteiger partial charge in [0, 0.05) is 12.5 Å². The Kier molecular flexibility index (Phi) is 22.3. The van der Waals surface area contributed by atoms with Crippen LogP contribution in [0.25, 0.3) is 0 Å². The fourth-order valence-electron chi connectivity index (χ4n) is 4.12. The van der Waals surface area contributed by atoms with E-state index in [-0.39, 0.29) is 19.0 Å². The first-order valence-corrected chi connectivity index (χ1v) is 14.5. The molecule has 0 bridgehead atoms. The number of hydrogen-bond acceptors (Lipinski definition) is 6. The third kappa shape index (κ3) is 19.4. The van der Waals surface area contributed by atoms with Gasteiger partial charge in [-0.2, -0.15) is 0 Å². The van der Waals surface area contributed by atoms with E-state index in [0.29, 0.717) is 18.9 Å². The predicted octanol–water partition coefficient (Wildman–Crippen LogP) is 7.72. The zero-order valence-corrected chi connectivity index (χ0v) is 23.7. The average Bonchev–Trinajstić information content (AvgIpc) is 2.85. The smallest absolute Gasteiger partial charge is 0.347 e. The van der Waals surface area contributed by atoms with Crippen molar-refractivity contribution in [3.05, 3.63) is 12.7 Å². The molecule has 6 nitrogen and oxygen atoms in total. The summed E-state index contributed by atoms with van der Waals surface area (Å²) < 4.78 is 16.2. The molecular formula is C30H54O6. The van der Waals surface area contributed by atoms with Crippen molar-refractivity contribution in [1.29, 1.82) is 0 Å². The molecule has 210 valence electrons.